The Kier molecular flexibility index (Phi) is 4.61. The van der Waals surface area contributed by atoms with Gasteiger partial charge in [0, 0.05) is 28.4 Å². The van der Waals surface area contributed by atoms with Crippen molar-refractivity contribution in [1.82, 2.24) is 0 Å². The van der Waals surface area contributed by atoms with Gasteiger partial charge in [-0.15, -0.1) is 0 Å². The Morgan fingerprint density at radius 2 is 1.68 bits per heavy atom. The molecule has 0 bridgehead atoms. The Balaban J connectivity index is 1.71. The number of hydrogen-bond acceptors (Lipinski definition) is 4. The van der Waals surface area contributed by atoms with Crippen LogP contribution in [0.1, 0.15) is 5.56 Å². The van der Waals surface area contributed by atoms with Crippen LogP contribution in [0.15, 0.2) is 60.7 Å². The van der Waals surface area contributed by atoms with Gasteiger partial charge in [0.25, 0.3) is 5.69 Å². The topological polar surface area (TPSA) is 84.3 Å². The Hall–Kier alpha value is -3.41. The minimum absolute atomic E-state index is 0.0191. The van der Waals surface area contributed by atoms with Gasteiger partial charge in [0.1, 0.15) is 0 Å². The van der Waals surface area contributed by atoms with Crippen molar-refractivity contribution in [2.24, 2.45) is 0 Å². The number of rotatable bonds is 5. The normalized spacial score (nSPS) is 10.4. The second kappa shape index (κ2) is 7.00. The third kappa shape index (κ3) is 3.58. The van der Waals surface area contributed by atoms with E-state index in [0.29, 0.717) is 11.3 Å². The highest BCUT2D eigenvalue weighted by atomic mass is 16.6. The Morgan fingerprint density at radius 1 is 1.00 bits per heavy atom. The highest BCUT2D eigenvalue weighted by Crippen LogP contribution is 2.25. The maximum Gasteiger partial charge on any atom is 0.274 e. The summed E-state index contributed by atoms with van der Waals surface area (Å²) >= 11 is 0. The van der Waals surface area contributed by atoms with Gasteiger partial charge in [0.2, 0.25) is 5.91 Å². The zero-order valence-electron chi connectivity index (χ0n) is 13.7. The number of carbonyl (C=O) groups excluding carboxylic acids is 1. The molecule has 0 aliphatic carbocycles. The maximum atomic E-state index is 12.3. The number of hydrogen-bond donors (Lipinski definition) is 2. The quantitative estimate of drug-likeness (QED) is 0.543. The summed E-state index contributed by atoms with van der Waals surface area (Å²) in [5.41, 5.74) is 1.84. The van der Waals surface area contributed by atoms with Gasteiger partial charge in [0.15, 0.2) is 0 Å². The second-order valence-corrected chi connectivity index (χ2v) is 5.64. The number of anilines is 2. The van der Waals surface area contributed by atoms with Gasteiger partial charge in [-0.05, 0) is 24.4 Å². The van der Waals surface area contributed by atoms with Gasteiger partial charge in [0.05, 0.1) is 11.5 Å². The van der Waals surface area contributed by atoms with Crippen LogP contribution in [-0.2, 0) is 4.79 Å². The standard InChI is InChI=1S/C19H17N3O3/c1-13-16(9-5-11-18(13)22(24)25)20-12-19(23)21-17-10-4-7-14-6-2-3-8-15(14)17/h2-11,20H,12H2,1H3,(H,21,23). The number of fused-ring (bicyclic) bond motifs is 1. The van der Waals surface area contributed by atoms with Crippen molar-refractivity contribution in [3.63, 3.8) is 0 Å². The van der Waals surface area contributed by atoms with Gasteiger partial charge in [-0.2, -0.15) is 0 Å². The molecule has 0 saturated carbocycles. The number of nitrogens with zero attached hydrogens (tertiary/aromatic N) is 1. The Bertz CT molecular complexity index is 948. The van der Waals surface area contributed by atoms with E-state index in [0.717, 1.165) is 16.5 Å². The van der Waals surface area contributed by atoms with Crippen molar-refractivity contribution >= 4 is 33.7 Å². The first-order chi connectivity index (χ1) is 12.1. The van der Waals surface area contributed by atoms with Crippen LogP contribution >= 0.6 is 0 Å². The lowest BCUT2D eigenvalue weighted by molar-refractivity contribution is -0.385. The first-order valence-electron chi connectivity index (χ1n) is 7.82. The number of nitrogens with one attached hydrogen (secondary N) is 2. The van der Waals surface area contributed by atoms with Crippen LogP contribution < -0.4 is 10.6 Å². The summed E-state index contributed by atoms with van der Waals surface area (Å²) in [5.74, 6) is -0.220. The van der Waals surface area contributed by atoms with E-state index in [9.17, 15) is 14.9 Å². The summed E-state index contributed by atoms with van der Waals surface area (Å²) in [5, 5.41) is 18.8. The fourth-order valence-electron chi connectivity index (χ4n) is 2.72. The molecule has 3 aromatic rings. The highest BCUT2D eigenvalue weighted by molar-refractivity contribution is 6.03. The van der Waals surface area contributed by atoms with E-state index < -0.39 is 4.92 Å². The summed E-state index contributed by atoms with van der Waals surface area (Å²) in [7, 11) is 0. The van der Waals surface area contributed by atoms with Crippen LogP contribution in [0.25, 0.3) is 10.8 Å². The van der Waals surface area contributed by atoms with Gasteiger partial charge < -0.3 is 10.6 Å². The van der Waals surface area contributed by atoms with E-state index >= 15 is 0 Å². The molecule has 0 saturated heterocycles. The lowest BCUT2D eigenvalue weighted by atomic mass is 10.1. The molecule has 6 heteroatoms. The molecule has 6 nitrogen and oxygen atoms in total. The number of carbonyl (C=O) groups is 1. The maximum absolute atomic E-state index is 12.3. The minimum Gasteiger partial charge on any atom is -0.376 e. The molecule has 0 unspecified atom stereocenters. The van der Waals surface area contributed by atoms with E-state index in [-0.39, 0.29) is 18.1 Å². The van der Waals surface area contributed by atoms with Crippen molar-refractivity contribution < 1.29 is 9.72 Å². The van der Waals surface area contributed by atoms with Crippen molar-refractivity contribution in [2.75, 3.05) is 17.2 Å². The molecule has 0 heterocycles. The molecule has 0 aliphatic rings. The molecule has 3 aromatic carbocycles. The van der Waals surface area contributed by atoms with E-state index in [1.165, 1.54) is 6.07 Å². The summed E-state index contributed by atoms with van der Waals surface area (Å²) in [4.78, 5) is 22.8. The number of nitro benzene ring substituents is 1. The van der Waals surface area contributed by atoms with E-state index in [1.807, 2.05) is 42.5 Å². The average Bonchev–Trinajstić information content (AvgIpc) is 2.61. The zero-order chi connectivity index (χ0) is 17.8. The number of amides is 1. The van der Waals surface area contributed by atoms with Crippen LogP contribution in [0, 0.1) is 17.0 Å². The minimum atomic E-state index is -0.434. The summed E-state index contributed by atoms with van der Waals surface area (Å²) < 4.78 is 0. The van der Waals surface area contributed by atoms with Crippen LogP contribution in [0.5, 0.6) is 0 Å². The predicted octanol–water partition coefficient (Wildman–Crippen LogP) is 4.11. The van der Waals surface area contributed by atoms with Crippen molar-refractivity contribution in [2.45, 2.75) is 6.92 Å². The van der Waals surface area contributed by atoms with Crippen molar-refractivity contribution in [3.05, 3.63) is 76.3 Å². The summed E-state index contributed by atoms with van der Waals surface area (Å²) in [6, 6.07) is 18.3. The van der Waals surface area contributed by atoms with Crippen LogP contribution in [0.3, 0.4) is 0 Å². The van der Waals surface area contributed by atoms with Crippen molar-refractivity contribution in [3.8, 4) is 0 Å². The molecule has 0 aromatic heterocycles. The molecule has 0 fully saturated rings. The molecule has 126 valence electrons. The fraction of sp³-hybridized carbons (Fsp3) is 0.105. The molecule has 0 aliphatic heterocycles. The molecular formula is C19H17N3O3. The van der Waals surface area contributed by atoms with E-state index in [2.05, 4.69) is 10.6 Å². The molecule has 0 atom stereocenters. The second-order valence-electron chi connectivity index (χ2n) is 5.64. The highest BCUT2D eigenvalue weighted by Gasteiger charge is 2.13. The molecular weight excluding hydrogens is 318 g/mol. The SMILES string of the molecule is Cc1c(NCC(=O)Nc2cccc3ccccc23)cccc1[N+](=O)[O-]. The van der Waals surface area contributed by atoms with Gasteiger partial charge in [-0.1, -0.05) is 42.5 Å². The Morgan fingerprint density at radius 3 is 2.48 bits per heavy atom. The number of benzene rings is 3. The largest absolute Gasteiger partial charge is 0.376 e. The van der Waals surface area contributed by atoms with Crippen molar-refractivity contribution in [1.29, 1.82) is 0 Å². The first-order valence-corrected chi connectivity index (χ1v) is 7.82. The predicted molar refractivity (Wildman–Crippen MR) is 98.9 cm³/mol. The Labute approximate surface area is 144 Å². The van der Waals surface area contributed by atoms with Gasteiger partial charge in [-0.25, -0.2) is 0 Å². The van der Waals surface area contributed by atoms with E-state index in [1.54, 1.807) is 19.1 Å². The molecule has 0 spiro atoms. The van der Waals surface area contributed by atoms with Gasteiger partial charge in [-0.3, -0.25) is 14.9 Å². The molecule has 25 heavy (non-hydrogen) atoms. The molecule has 0 radical (unpaired) electrons. The molecule has 1 amide bonds. The zero-order valence-corrected chi connectivity index (χ0v) is 13.7. The third-order valence-corrected chi connectivity index (χ3v) is 4.01. The number of nitro groups is 1. The lowest BCUT2D eigenvalue weighted by Gasteiger charge is -2.11. The van der Waals surface area contributed by atoms with Gasteiger partial charge >= 0.3 is 0 Å². The first kappa shape index (κ1) is 16.4. The summed E-state index contributed by atoms with van der Waals surface area (Å²) in [6.07, 6.45) is 0. The smallest absolute Gasteiger partial charge is 0.274 e. The van der Waals surface area contributed by atoms with Crippen LogP contribution in [-0.4, -0.2) is 17.4 Å². The average molecular weight is 335 g/mol. The third-order valence-electron chi connectivity index (χ3n) is 4.01. The fourth-order valence-corrected chi connectivity index (χ4v) is 2.72. The molecule has 3 rings (SSSR count). The summed E-state index contributed by atoms with van der Waals surface area (Å²) in [6.45, 7) is 1.67. The monoisotopic (exact) mass is 335 g/mol. The van der Waals surface area contributed by atoms with Crippen LogP contribution in [0.2, 0.25) is 0 Å². The molecule has 2 N–H and O–H groups in total. The van der Waals surface area contributed by atoms with Crippen LogP contribution in [0.4, 0.5) is 17.1 Å². The van der Waals surface area contributed by atoms with E-state index in [4.69, 9.17) is 0 Å². The lowest BCUT2D eigenvalue weighted by Crippen LogP contribution is -2.22.